The molecule has 0 saturated carbocycles. The van der Waals surface area contributed by atoms with Crippen molar-refractivity contribution < 1.29 is 4.79 Å². The number of carbonyl (C=O) groups excluding carboxylic acids is 1. The Hall–Kier alpha value is -0.770. The van der Waals surface area contributed by atoms with Crippen LogP contribution in [0.2, 0.25) is 0 Å². The van der Waals surface area contributed by atoms with E-state index in [1.165, 1.54) is 19.3 Å². The van der Waals surface area contributed by atoms with E-state index in [9.17, 15) is 4.79 Å². The van der Waals surface area contributed by atoms with Crippen LogP contribution in [-0.4, -0.2) is 25.7 Å². The van der Waals surface area contributed by atoms with Gasteiger partial charge >= 0.3 is 6.03 Å². The van der Waals surface area contributed by atoms with Gasteiger partial charge in [0, 0.05) is 13.1 Å². The maximum Gasteiger partial charge on any atom is 0.314 e. The predicted octanol–water partition coefficient (Wildman–Crippen LogP) is 1.85. The second kappa shape index (κ2) is 10.7. The smallest absolute Gasteiger partial charge is 0.314 e. The van der Waals surface area contributed by atoms with E-state index >= 15 is 0 Å². The average molecular weight is 229 g/mol. The standard InChI is InChI=1S/C12H27N3O/c1-3-5-7-11(4-2)10-15-12(16)14-9-6-8-13/h11H,3-10,13H2,1-2H3,(H2,14,15,16). The first-order chi connectivity index (χ1) is 7.74. The molecule has 0 spiro atoms. The van der Waals surface area contributed by atoms with Crippen molar-refractivity contribution in [3.05, 3.63) is 0 Å². The lowest BCUT2D eigenvalue weighted by Gasteiger charge is -2.15. The van der Waals surface area contributed by atoms with Gasteiger partial charge in [-0.25, -0.2) is 4.79 Å². The number of amides is 2. The molecule has 1 unspecified atom stereocenters. The molecule has 4 heteroatoms. The van der Waals surface area contributed by atoms with Crippen LogP contribution in [0.4, 0.5) is 4.79 Å². The largest absolute Gasteiger partial charge is 0.338 e. The summed E-state index contributed by atoms with van der Waals surface area (Å²) in [6.07, 6.45) is 5.63. The van der Waals surface area contributed by atoms with Crippen molar-refractivity contribution in [1.29, 1.82) is 0 Å². The summed E-state index contributed by atoms with van der Waals surface area (Å²) < 4.78 is 0. The highest BCUT2D eigenvalue weighted by atomic mass is 16.2. The zero-order chi connectivity index (χ0) is 12.2. The van der Waals surface area contributed by atoms with Crippen LogP contribution in [0.15, 0.2) is 0 Å². The summed E-state index contributed by atoms with van der Waals surface area (Å²) in [5.41, 5.74) is 5.34. The van der Waals surface area contributed by atoms with Crippen LogP contribution in [0.5, 0.6) is 0 Å². The van der Waals surface area contributed by atoms with Gasteiger partial charge in [-0.15, -0.1) is 0 Å². The van der Waals surface area contributed by atoms with Gasteiger partial charge in [0.15, 0.2) is 0 Å². The lowest BCUT2D eigenvalue weighted by atomic mass is 9.99. The van der Waals surface area contributed by atoms with Gasteiger partial charge in [0.1, 0.15) is 0 Å². The monoisotopic (exact) mass is 229 g/mol. The average Bonchev–Trinajstić information content (AvgIpc) is 2.30. The van der Waals surface area contributed by atoms with Crippen LogP contribution in [0.3, 0.4) is 0 Å². The molecule has 0 aromatic rings. The topological polar surface area (TPSA) is 67.2 Å². The maximum atomic E-state index is 11.3. The summed E-state index contributed by atoms with van der Waals surface area (Å²) >= 11 is 0. The zero-order valence-corrected chi connectivity index (χ0v) is 10.7. The molecule has 0 aromatic heterocycles. The third-order valence-electron chi connectivity index (χ3n) is 2.76. The van der Waals surface area contributed by atoms with E-state index in [1.54, 1.807) is 0 Å². The van der Waals surface area contributed by atoms with Crippen molar-refractivity contribution in [2.24, 2.45) is 11.7 Å². The summed E-state index contributed by atoms with van der Waals surface area (Å²) in [5, 5.41) is 5.70. The molecule has 0 heterocycles. The molecule has 4 N–H and O–H groups in total. The number of hydrogen-bond acceptors (Lipinski definition) is 2. The molecule has 0 rings (SSSR count). The Kier molecular flexibility index (Phi) is 10.2. The molecule has 0 radical (unpaired) electrons. The highest BCUT2D eigenvalue weighted by Gasteiger charge is 2.07. The van der Waals surface area contributed by atoms with Gasteiger partial charge < -0.3 is 16.4 Å². The Balaban J connectivity index is 3.54. The lowest BCUT2D eigenvalue weighted by Crippen LogP contribution is -2.39. The van der Waals surface area contributed by atoms with E-state index in [0.717, 1.165) is 19.4 Å². The second-order valence-electron chi connectivity index (χ2n) is 4.20. The van der Waals surface area contributed by atoms with Crippen molar-refractivity contribution in [1.82, 2.24) is 10.6 Å². The molecule has 0 aliphatic heterocycles. The van der Waals surface area contributed by atoms with Gasteiger partial charge in [-0.3, -0.25) is 0 Å². The van der Waals surface area contributed by atoms with E-state index < -0.39 is 0 Å². The number of nitrogens with one attached hydrogen (secondary N) is 2. The predicted molar refractivity (Wildman–Crippen MR) is 68.4 cm³/mol. The number of rotatable bonds is 9. The van der Waals surface area contributed by atoms with Gasteiger partial charge in [0.2, 0.25) is 0 Å². The molecule has 2 amide bonds. The number of carbonyl (C=O) groups is 1. The van der Waals surface area contributed by atoms with Crippen LogP contribution < -0.4 is 16.4 Å². The molecular weight excluding hydrogens is 202 g/mol. The van der Waals surface area contributed by atoms with Crippen molar-refractivity contribution in [2.45, 2.75) is 46.0 Å². The van der Waals surface area contributed by atoms with Crippen LogP contribution in [-0.2, 0) is 0 Å². The van der Waals surface area contributed by atoms with E-state index in [0.29, 0.717) is 19.0 Å². The van der Waals surface area contributed by atoms with Gasteiger partial charge in [-0.2, -0.15) is 0 Å². The molecule has 0 aromatic carbocycles. The van der Waals surface area contributed by atoms with Gasteiger partial charge in [0.05, 0.1) is 0 Å². The van der Waals surface area contributed by atoms with E-state index in [-0.39, 0.29) is 6.03 Å². The van der Waals surface area contributed by atoms with Crippen molar-refractivity contribution >= 4 is 6.03 Å². The minimum absolute atomic E-state index is 0.0663. The first-order valence-corrected chi connectivity index (χ1v) is 6.46. The third-order valence-corrected chi connectivity index (χ3v) is 2.76. The fourth-order valence-electron chi connectivity index (χ4n) is 1.55. The van der Waals surface area contributed by atoms with Gasteiger partial charge in [0.25, 0.3) is 0 Å². The lowest BCUT2D eigenvalue weighted by molar-refractivity contribution is 0.238. The van der Waals surface area contributed by atoms with Crippen molar-refractivity contribution in [3.8, 4) is 0 Å². The van der Waals surface area contributed by atoms with Crippen LogP contribution in [0, 0.1) is 5.92 Å². The fourth-order valence-corrected chi connectivity index (χ4v) is 1.55. The molecule has 0 fully saturated rings. The first-order valence-electron chi connectivity index (χ1n) is 6.46. The highest BCUT2D eigenvalue weighted by Crippen LogP contribution is 2.10. The Morgan fingerprint density at radius 3 is 2.56 bits per heavy atom. The zero-order valence-electron chi connectivity index (χ0n) is 10.7. The van der Waals surface area contributed by atoms with Crippen LogP contribution in [0.25, 0.3) is 0 Å². The van der Waals surface area contributed by atoms with E-state index in [2.05, 4.69) is 24.5 Å². The van der Waals surface area contributed by atoms with Crippen molar-refractivity contribution in [3.63, 3.8) is 0 Å². The number of unbranched alkanes of at least 4 members (excludes halogenated alkanes) is 1. The van der Waals surface area contributed by atoms with E-state index in [4.69, 9.17) is 5.73 Å². The normalized spacial score (nSPS) is 12.2. The van der Waals surface area contributed by atoms with Crippen LogP contribution >= 0.6 is 0 Å². The van der Waals surface area contributed by atoms with Gasteiger partial charge in [-0.1, -0.05) is 33.1 Å². The number of urea groups is 1. The minimum atomic E-state index is -0.0663. The molecule has 1 atom stereocenters. The Morgan fingerprint density at radius 1 is 1.25 bits per heavy atom. The molecule has 0 aliphatic carbocycles. The van der Waals surface area contributed by atoms with Crippen LogP contribution in [0.1, 0.15) is 46.0 Å². The summed E-state index contributed by atoms with van der Waals surface area (Å²) in [4.78, 5) is 11.3. The maximum absolute atomic E-state index is 11.3. The van der Waals surface area contributed by atoms with E-state index in [1.807, 2.05) is 0 Å². The minimum Gasteiger partial charge on any atom is -0.338 e. The quantitative estimate of drug-likeness (QED) is 0.528. The summed E-state index contributed by atoms with van der Waals surface area (Å²) in [7, 11) is 0. The Morgan fingerprint density at radius 2 is 2.00 bits per heavy atom. The summed E-state index contributed by atoms with van der Waals surface area (Å²) in [6.45, 7) is 6.43. The highest BCUT2D eigenvalue weighted by molar-refractivity contribution is 5.73. The third kappa shape index (κ3) is 8.53. The molecular formula is C12H27N3O. The molecule has 0 saturated heterocycles. The second-order valence-corrected chi connectivity index (χ2v) is 4.20. The summed E-state index contributed by atoms with van der Waals surface area (Å²) in [6, 6.07) is -0.0663. The fraction of sp³-hybridized carbons (Fsp3) is 0.917. The Labute approximate surface area is 99.4 Å². The molecule has 4 nitrogen and oxygen atoms in total. The molecule has 0 aliphatic rings. The van der Waals surface area contributed by atoms with Crippen molar-refractivity contribution in [2.75, 3.05) is 19.6 Å². The van der Waals surface area contributed by atoms with Gasteiger partial charge in [-0.05, 0) is 25.3 Å². The molecule has 96 valence electrons. The first kappa shape index (κ1) is 15.2. The number of hydrogen-bond donors (Lipinski definition) is 3. The number of nitrogens with two attached hydrogens (primary N) is 1. The molecule has 0 bridgehead atoms. The SMILES string of the molecule is CCCCC(CC)CNC(=O)NCCCN. The Bertz CT molecular complexity index is 174. The summed E-state index contributed by atoms with van der Waals surface area (Å²) in [5.74, 6) is 0.611. The molecule has 16 heavy (non-hydrogen) atoms.